The van der Waals surface area contributed by atoms with Crippen LogP contribution in [0.25, 0.3) is 11.0 Å². The number of rotatable bonds is 1. The summed E-state index contributed by atoms with van der Waals surface area (Å²) in [5.74, 6) is 2.49. The fourth-order valence-electron chi connectivity index (χ4n) is 3.51. The van der Waals surface area contributed by atoms with E-state index in [0.717, 1.165) is 40.1 Å². The van der Waals surface area contributed by atoms with Gasteiger partial charge in [-0.05, 0) is 18.1 Å². The van der Waals surface area contributed by atoms with Gasteiger partial charge in [0.1, 0.15) is 0 Å². The summed E-state index contributed by atoms with van der Waals surface area (Å²) in [6.07, 6.45) is 0.591. The number of aliphatic imine (C=N–C) groups is 1. The van der Waals surface area contributed by atoms with Gasteiger partial charge in [0, 0.05) is 18.6 Å². The molecule has 1 atom stereocenters. The molecule has 0 unspecified atom stereocenters. The number of aromatic nitrogens is 2. The van der Waals surface area contributed by atoms with Crippen molar-refractivity contribution in [1.29, 1.82) is 0 Å². The number of imidazole rings is 1. The summed E-state index contributed by atoms with van der Waals surface area (Å²) >= 11 is 0. The highest BCUT2D eigenvalue weighted by Gasteiger charge is 2.27. The average molecular weight is 349 g/mol. The predicted molar refractivity (Wildman–Crippen MR) is 99.9 cm³/mol. The Labute approximate surface area is 150 Å². The molecule has 1 aromatic heterocycles. The zero-order valence-electron chi connectivity index (χ0n) is 14.4. The summed E-state index contributed by atoms with van der Waals surface area (Å²) in [6.45, 7) is 3.36. The van der Waals surface area contributed by atoms with Gasteiger partial charge >= 0.3 is 0 Å². The number of anilines is 1. The predicted octanol–water partition coefficient (Wildman–Crippen LogP) is 2.79. The summed E-state index contributed by atoms with van der Waals surface area (Å²) in [6, 6.07) is 12.1. The Morgan fingerprint density at radius 3 is 2.73 bits per heavy atom. The molecule has 2 aliphatic rings. The van der Waals surface area contributed by atoms with Crippen molar-refractivity contribution in [1.82, 2.24) is 9.55 Å². The third-order valence-corrected chi connectivity index (χ3v) is 4.77. The second-order valence-corrected chi connectivity index (χ2v) is 6.51. The molecule has 0 aliphatic carbocycles. The number of nitrogens with one attached hydrogen (secondary N) is 1. The second-order valence-electron chi connectivity index (χ2n) is 6.51. The number of nitrogens with zero attached hydrogens (tertiary/aromatic N) is 3. The Morgan fingerprint density at radius 2 is 1.92 bits per heavy atom. The number of benzene rings is 2. The highest BCUT2D eigenvalue weighted by Crippen LogP contribution is 2.39. The first kappa shape index (κ1) is 15.1. The minimum atomic E-state index is -0.276. The van der Waals surface area contributed by atoms with E-state index in [0.29, 0.717) is 25.1 Å². The number of fused-ring (bicyclic) bond motifs is 4. The molecule has 0 saturated heterocycles. The molecular formula is C19H19N5O2. The SMILES string of the molecule is Cc1ccccc1[C@H]1N=C(N)Nc2nc3cc4c(cc3n21)OCCCO4. The van der Waals surface area contributed by atoms with Crippen LogP contribution in [0.1, 0.15) is 23.7 Å². The first-order valence-electron chi connectivity index (χ1n) is 8.68. The molecule has 5 rings (SSSR count). The lowest BCUT2D eigenvalue weighted by Gasteiger charge is -2.25. The fraction of sp³-hybridized carbons (Fsp3) is 0.263. The Bertz CT molecular complexity index is 1040. The molecule has 0 bridgehead atoms. The van der Waals surface area contributed by atoms with Crippen LogP contribution >= 0.6 is 0 Å². The topological polar surface area (TPSA) is 86.7 Å². The number of ether oxygens (including phenoxy) is 2. The Hall–Kier alpha value is -3.22. The van der Waals surface area contributed by atoms with E-state index in [1.807, 2.05) is 24.3 Å². The van der Waals surface area contributed by atoms with Gasteiger partial charge in [-0.1, -0.05) is 24.3 Å². The molecule has 3 aromatic rings. The van der Waals surface area contributed by atoms with Crippen molar-refractivity contribution in [3.63, 3.8) is 0 Å². The normalized spacial score (nSPS) is 18.7. The summed E-state index contributed by atoms with van der Waals surface area (Å²) in [4.78, 5) is 9.35. The van der Waals surface area contributed by atoms with Crippen LogP contribution < -0.4 is 20.5 Å². The summed E-state index contributed by atoms with van der Waals surface area (Å²) in [7, 11) is 0. The molecule has 26 heavy (non-hydrogen) atoms. The maximum Gasteiger partial charge on any atom is 0.212 e. The van der Waals surface area contributed by atoms with E-state index in [1.54, 1.807) is 0 Å². The van der Waals surface area contributed by atoms with E-state index in [9.17, 15) is 0 Å². The monoisotopic (exact) mass is 349 g/mol. The van der Waals surface area contributed by atoms with Gasteiger partial charge in [0.2, 0.25) is 5.95 Å². The maximum absolute atomic E-state index is 6.03. The van der Waals surface area contributed by atoms with Crippen LogP contribution in [0.5, 0.6) is 11.5 Å². The number of guanidine groups is 1. The van der Waals surface area contributed by atoms with Crippen LogP contribution in [-0.4, -0.2) is 28.7 Å². The van der Waals surface area contributed by atoms with Crippen molar-refractivity contribution in [2.45, 2.75) is 19.5 Å². The van der Waals surface area contributed by atoms with Crippen molar-refractivity contribution >= 4 is 22.9 Å². The number of nitrogens with two attached hydrogens (primary N) is 1. The molecule has 0 saturated carbocycles. The molecule has 2 aliphatic heterocycles. The zero-order chi connectivity index (χ0) is 17.7. The summed E-state index contributed by atoms with van der Waals surface area (Å²) in [5, 5.41) is 3.07. The third kappa shape index (κ3) is 2.28. The maximum atomic E-state index is 6.03. The number of hydrogen-bond donors (Lipinski definition) is 2. The van der Waals surface area contributed by atoms with Crippen LogP contribution in [-0.2, 0) is 0 Å². The Kier molecular flexibility index (Phi) is 3.28. The molecule has 0 amide bonds. The Balaban J connectivity index is 1.74. The largest absolute Gasteiger partial charge is 0.489 e. The first-order chi connectivity index (χ1) is 12.7. The molecule has 132 valence electrons. The van der Waals surface area contributed by atoms with Gasteiger partial charge in [-0.2, -0.15) is 0 Å². The van der Waals surface area contributed by atoms with Gasteiger partial charge in [-0.25, -0.2) is 9.98 Å². The van der Waals surface area contributed by atoms with Gasteiger partial charge in [0.15, 0.2) is 23.6 Å². The van der Waals surface area contributed by atoms with E-state index in [-0.39, 0.29) is 6.17 Å². The van der Waals surface area contributed by atoms with Gasteiger partial charge in [-0.15, -0.1) is 0 Å². The quantitative estimate of drug-likeness (QED) is 0.705. The van der Waals surface area contributed by atoms with Crippen LogP contribution in [0, 0.1) is 6.92 Å². The number of hydrogen-bond acceptors (Lipinski definition) is 6. The van der Waals surface area contributed by atoms with E-state index >= 15 is 0 Å². The van der Waals surface area contributed by atoms with Crippen LogP contribution in [0.2, 0.25) is 0 Å². The molecule has 0 spiro atoms. The molecule has 3 N–H and O–H groups in total. The molecule has 3 heterocycles. The first-order valence-corrected chi connectivity index (χ1v) is 8.68. The van der Waals surface area contributed by atoms with Crippen molar-refractivity contribution in [2.24, 2.45) is 10.7 Å². The average Bonchev–Trinajstić information content (AvgIpc) is 2.81. The van der Waals surface area contributed by atoms with Gasteiger partial charge in [0.05, 0.1) is 24.2 Å². The smallest absolute Gasteiger partial charge is 0.212 e. The van der Waals surface area contributed by atoms with Crippen molar-refractivity contribution in [3.8, 4) is 11.5 Å². The lowest BCUT2D eigenvalue weighted by atomic mass is 10.1. The van der Waals surface area contributed by atoms with Gasteiger partial charge in [0.25, 0.3) is 0 Å². The summed E-state index contributed by atoms with van der Waals surface area (Å²) < 4.78 is 13.7. The summed E-state index contributed by atoms with van der Waals surface area (Å²) in [5.41, 5.74) is 10.0. The third-order valence-electron chi connectivity index (χ3n) is 4.77. The molecule has 2 aromatic carbocycles. The van der Waals surface area contributed by atoms with Gasteiger partial charge in [-0.3, -0.25) is 9.88 Å². The lowest BCUT2D eigenvalue weighted by molar-refractivity contribution is 0.297. The van der Waals surface area contributed by atoms with Gasteiger partial charge < -0.3 is 15.2 Å². The van der Waals surface area contributed by atoms with E-state index in [2.05, 4.69) is 33.9 Å². The minimum absolute atomic E-state index is 0.276. The van der Waals surface area contributed by atoms with E-state index in [1.165, 1.54) is 0 Å². The highest BCUT2D eigenvalue weighted by atomic mass is 16.5. The molecule has 0 fully saturated rings. The van der Waals surface area contributed by atoms with Crippen molar-refractivity contribution < 1.29 is 9.47 Å². The molecule has 7 nitrogen and oxygen atoms in total. The molecule has 0 radical (unpaired) electrons. The van der Waals surface area contributed by atoms with Crippen LogP contribution in [0.15, 0.2) is 41.4 Å². The highest BCUT2D eigenvalue weighted by molar-refractivity contribution is 5.95. The number of aryl methyl sites for hydroxylation is 1. The van der Waals surface area contributed by atoms with Crippen LogP contribution in [0.4, 0.5) is 5.95 Å². The van der Waals surface area contributed by atoms with E-state index in [4.69, 9.17) is 20.2 Å². The van der Waals surface area contributed by atoms with E-state index < -0.39 is 0 Å². The van der Waals surface area contributed by atoms with Crippen molar-refractivity contribution in [3.05, 3.63) is 47.5 Å². The van der Waals surface area contributed by atoms with Crippen molar-refractivity contribution in [2.75, 3.05) is 18.5 Å². The standard InChI is InChI=1S/C19H19N5O2/c1-11-5-2-3-6-12(11)17-22-18(20)23-19-21-13-9-15-16(10-14(13)24(17)19)26-8-4-7-25-15/h2-3,5-6,9-10,17H,4,7-8H2,1H3,(H3,20,21,22,23)/t17-/m0/s1. The fourth-order valence-corrected chi connectivity index (χ4v) is 3.51. The Morgan fingerprint density at radius 1 is 1.15 bits per heavy atom. The minimum Gasteiger partial charge on any atom is -0.489 e. The molecular weight excluding hydrogens is 330 g/mol. The van der Waals surface area contributed by atoms with Crippen LogP contribution in [0.3, 0.4) is 0 Å². The molecule has 7 heteroatoms. The second kappa shape index (κ2) is 5.66. The zero-order valence-corrected chi connectivity index (χ0v) is 14.4. The lowest BCUT2D eigenvalue weighted by Crippen LogP contribution is -2.31.